The van der Waals surface area contributed by atoms with Crippen LogP contribution in [-0.2, 0) is 24.7 Å². The molecular weight excluding hydrogens is 997 g/mol. The molecule has 0 aliphatic carbocycles. The number of halogens is 12. The maximum atomic E-state index is 14.0. The van der Waals surface area contributed by atoms with Crippen molar-refractivity contribution in [3.8, 4) is 33.4 Å². The lowest BCUT2D eigenvalue weighted by molar-refractivity contribution is -0.139. The zero-order chi connectivity index (χ0) is 54.5. The summed E-state index contributed by atoms with van der Waals surface area (Å²) in [5.74, 6) is -2.07. The Kier molecular flexibility index (Phi) is 16.1. The molecule has 4 N–H and O–H groups in total. The normalized spacial score (nSPS) is 11.7. The molecule has 0 atom stereocenters. The molecule has 20 heteroatoms. The van der Waals surface area contributed by atoms with E-state index in [4.69, 9.17) is 0 Å². The van der Waals surface area contributed by atoms with Crippen molar-refractivity contribution in [3.63, 3.8) is 0 Å². The molecule has 0 aromatic heterocycles. The summed E-state index contributed by atoms with van der Waals surface area (Å²) in [5.41, 5.74) is -5.03. The fourth-order valence-electron chi connectivity index (χ4n) is 7.53. The molecule has 8 nitrogen and oxygen atoms in total. The highest BCUT2D eigenvalue weighted by atomic mass is 19.4. The molecule has 0 saturated heterocycles. The van der Waals surface area contributed by atoms with Gasteiger partial charge in [0.1, 0.15) is 0 Å². The summed E-state index contributed by atoms with van der Waals surface area (Å²) in [6.45, 7) is 2.82. The quantitative estimate of drug-likeness (QED) is 0.108. The molecule has 7 aromatic rings. The Bertz CT molecular complexity index is 3220. The minimum atomic E-state index is -4.99. The molecule has 0 bridgehead atoms. The van der Waals surface area contributed by atoms with Crippen LogP contribution in [0.15, 0.2) is 146 Å². The zero-order valence-corrected chi connectivity index (χ0v) is 39.0. The third-order valence-corrected chi connectivity index (χ3v) is 11.2. The average Bonchev–Trinajstić information content (AvgIpc) is 3.35. The van der Waals surface area contributed by atoms with Crippen LogP contribution in [0.3, 0.4) is 0 Å². The van der Waals surface area contributed by atoms with E-state index in [-0.39, 0.29) is 51.0 Å². The van der Waals surface area contributed by atoms with E-state index in [2.05, 4.69) is 21.3 Å². The van der Waals surface area contributed by atoms with Gasteiger partial charge in [0, 0.05) is 47.7 Å². The number of carbonyl (C=O) groups excluding carboxylic acids is 4. The maximum Gasteiger partial charge on any atom is 0.417 e. The molecule has 0 unspecified atom stereocenters. The Labute approximate surface area is 414 Å². The summed E-state index contributed by atoms with van der Waals surface area (Å²) in [5, 5.41) is 9.62. The molecule has 0 radical (unpaired) electrons. The fourth-order valence-corrected chi connectivity index (χ4v) is 7.53. The second kappa shape index (κ2) is 21.7. The van der Waals surface area contributed by atoms with Gasteiger partial charge in [-0.15, -0.1) is 0 Å². The van der Waals surface area contributed by atoms with Gasteiger partial charge in [-0.25, -0.2) is 0 Å². The van der Waals surface area contributed by atoms with Crippen LogP contribution in [-0.4, -0.2) is 37.7 Å². The lowest BCUT2D eigenvalue weighted by Gasteiger charge is -2.19. The van der Waals surface area contributed by atoms with Crippen LogP contribution in [0.4, 0.5) is 64.1 Å². The summed E-state index contributed by atoms with van der Waals surface area (Å²) in [6, 6.07) is 29.8. The number of benzene rings is 7. The number of rotatable bonds is 9. The van der Waals surface area contributed by atoms with E-state index in [0.29, 0.717) is 17.7 Å². The molecule has 0 saturated carbocycles. The number of hydrogen-bond donors (Lipinski definition) is 4. The third-order valence-electron chi connectivity index (χ3n) is 11.2. The maximum absolute atomic E-state index is 14.0. The van der Waals surface area contributed by atoms with Crippen molar-refractivity contribution in [2.45, 2.75) is 38.6 Å². The molecule has 4 amide bonds. The van der Waals surface area contributed by atoms with Gasteiger partial charge in [0.05, 0.1) is 22.3 Å². The number of amides is 4. The molecule has 0 spiro atoms. The van der Waals surface area contributed by atoms with E-state index in [1.807, 2.05) is 0 Å². The Morgan fingerprint density at radius 3 is 0.838 bits per heavy atom. The molecule has 74 heavy (non-hydrogen) atoms. The SMILES string of the molecule is CNC(=O)c1ccc(-c2ccc(C(=O)Nc3ccc(-c4ccc(C)cc4C(F)(F)F)c(C(F)(F)F)c3)cc2)cc1.CNC(=O)c1ccc(C(=O)Nc2ccc(-c3ccc(C)cc3C(F)(F)F)c(C(F)(F)F)c2)cc1. The Hall–Kier alpha value is -8.42. The van der Waals surface area contributed by atoms with E-state index in [9.17, 15) is 71.9 Å². The minimum Gasteiger partial charge on any atom is -0.355 e. The number of nitrogens with one attached hydrogen (secondary N) is 4. The van der Waals surface area contributed by atoms with E-state index in [1.165, 1.54) is 76.5 Å². The number of carbonyl (C=O) groups is 4. The van der Waals surface area contributed by atoms with Gasteiger partial charge in [-0.1, -0.05) is 71.8 Å². The van der Waals surface area contributed by atoms with E-state index >= 15 is 0 Å². The molecule has 0 heterocycles. The first-order valence-electron chi connectivity index (χ1n) is 21.8. The summed E-state index contributed by atoms with van der Waals surface area (Å²) < 4.78 is 165. The number of aryl methyl sites for hydroxylation is 2. The fraction of sp³-hybridized carbons (Fsp3) is 0.148. The van der Waals surface area contributed by atoms with Crippen molar-refractivity contribution in [3.05, 3.63) is 201 Å². The predicted octanol–water partition coefficient (Wildman–Crippen LogP) is 14.3. The second-order valence-corrected chi connectivity index (χ2v) is 16.4. The van der Waals surface area contributed by atoms with Gasteiger partial charge in [-0.3, -0.25) is 19.2 Å². The standard InChI is InChI=1S/C30H22F6N2O2.C24H18F6N2O2/c1-17-3-13-23(25(15-17)29(31,32)33)24-14-12-22(16-26(24)30(34,35)36)38-28(40)21-10-6-19(7-11-21)18-4-8-20(9-5-18)27(39)37-2;1-13-3-9-17(19(11-13)23(25,26)27)18-10-8-16(12-20(18)24(28,29)30)32-22(34)15-6-4-14(5-7-15)21(33)31-2/h3-16H,1-2H3,(H,37,39)(H,38,40);3-12H,1-2H3,(H,31,33)(H,32,34). The average molecular weight is 1040 g/mol. The highest BCUT2D eigenvalue weighted by Gasteiger charge is 2.40. The topological polar surface area (TPSA) is 116 Å². The summed E-state index contributed by atoms with van der Waals surface area (Å²) >= 11 is 0. The highest BCUT2D eigenvalue weighted by molar-refractivity contribution is 6.06. The van der Waals surface area contributed by atoms with Crippen LogP contribution < -0.4 is 21.3 Å². The zero-order valence-electron chi connectivity index (χ0n) is 39.0. The van der Waals surface area contributed by atoms with E-state index in [0.717, 1.165) is 59.7 Å². The first kappa shape index (κ1) is 54.9. The lowest BCUT2D eigenvalue weighted by Crippen LogP contribution is -2.18. The Balaban J connectivity index is 0.000000244. The van der Waals surface area contributed by atoms with E-state index in [1.54, 1.807) is 36.4 Å². The van der Waals surface area contributed by atoms with Crippen molar-refractivity contribution in [2.75, 3.05) is 24.7 Å². The van der Waals surface area contributed by atoms with Crippen molar-refractivity contribution in [1.82, 2.24) is 10.6 Å². The number of anilines is 2. The third kappa shape index (κ3) is 13.2. The molecule has 0 fully saturated rings. The first-order chi connectivity index (χ1) is 34.6. The van der Waals surface area contributed by atoms with Crippen molar-refractivity contribution in [2.24, 2.45) is 0 Å². The molecule has 384 valence electrons. The van der Waals surface area contributed by atoms with Gasteiger partial charge < -0.3 is 21.3 Å². The Morgan fingerprint density at radius 1 is 0.324 bits per heavy atom. The molecule has 7 rings (SSSR count). The van der Waals surface area contributed by atoms with Gasteiger partial charge in [0.15, 0.2) is 0 Å². The van der Waals surface area contributed by atoms with Gasteiger partial charge in [-0.2, -0.15) is 52.7 Å². The van der Waals surface area contributed by atoms with Crippen LogP contribution in [0, 0.1) is 13.8 Å². The van der Waals surface area contributed by atoms with Crippen molar-refractivity contribution >= 4 is 35.0 Å². The smallest absolute Gasteiger partial charge is 0.355 e. The molecular formula is C54H40F12N4O4. The largest absolute Gasteiger partial charge is 0.417 e. The molecule has 0 aliphatic heterocycles. The lowest BCUT2D eigenvalue weighted by atomic mass is 9.93. The predicted molar refractivity (Wildman–Crippen MR) is 254 cm³/mol. The Morgan fingerprint density at radius 2 is 0.568 bits per heavy atom. The van der Waals surface area contributed by atoms with Crippen LogP contribution >= 0.6 is 0 Å². The van der Waals surface area contributed by atoms with Gasteiger partial charge in [0.2, 0.25) is 0 Å². The van der Waals surface area contributed by atoms with Gasteiger partial charge in [0.25, 0.3) is 23.6 Å². The van der Waals surface area contributed by atoms with Crippen molar-refractivity contribution < 1.29 is 71.9 Å². The summed E-state index contributed by atoms with van der Waals surface area (Å²) in [4.78, 5) is 48.5. The number of hydrogen-bond acceptors (Lipinski definition) is 4. The van der Waals surface area contributed by atoms with Crippen molar-refractivity contribution in [1.29, 1.82) is 0 Å². The highest BCUT2D eigenvalue weighted by Crippen LogP contribution is 2.46. The number of alkyl halides is 12. The van der Waals surface area contributed by atoms with Crippen LogP contribution in [0.5, 0.6) is 0 Å². The molecule has 7 aromatic carbocycles. The summed E-state index contributed by atoms with van der Waals surface area (Å²) in [7, 11) is 2.95. The summed E-state index contributed by atoms with van der Waals surface area (Å²) in [6.07, 6.45) is -19.7. The van der Waals surface area contributed by atoms with Crippen LogP contribution in [0.1, 0.15) is 74.8 Å². The van der Waals surface area contributed by atoms with Gasteiger partial charge in [-0.05, 0) is 132 Å². The minimum absolute atomic E-state index is 0.0724. The second-order valence-electron chi connectivity index (χ2n) is 16.4. The van der Waals surface area contributed by atoms with Crippen LogP contribution in [0.2, 0.25) is 0 Å². The van der Waals surface area contributed by atoms with Crippen LogP contribution in [0.25, 0.3) is 33.4 Å². The van der Waals surface area contributed by atoms with Gasteiger partial charge >= 0.3 is 24.7 Å². The monoisotopic (exact) mass is 1040 g/mol. The molecule has 0 aliphatic rings. The van der Waals surface area contributed by atoms with E-state index < -0.39 is 81.0 Å². The first-order valence-corrected chi connectivity index (χ1v) is 21.8.